The van der Waals surface area contributed by atoms with E-state index in [-0.39, 0.29) is 18.4 Å². The molecule has 0 bridgehead atoms. The SMILES string of the molecule is O=C(Cc1coc(-c2ccccc2)n1)NCC(c1cccs1)N1CCCC1. The number of hydrogen-bond acceptors (Lipinski definition) is 5. The molecule has 3 heterocycles. The lowest BCUT2D eigenvalue weighted by molar-refractivity contribution is -0.120. The molecule has 1 atom stereocenters. The zero-order valence-corrected chi connectivity index (χ0v) is 16.0. The summed E-state index contributed by atoms with van der Waals surface area (Å²) in [7, 11) is 0. The summed E-state index contributed by atoms with van der Waals surface area (Å²) >= 11 is 1.75. The lowest BCUT2D eigenvalue weighted by Gasteiger charge is -2.26. The number of nitrogens with zero attached hydrogens (tertiary/aromatic N) is 2. The van der Waals surface area contributed by atoms with E-state index in [1.165, 1.54) is 17.7 Å². The Balaban J connectivity index is 1.35. The predicted molar refractivity (Wildman–Crippen MR) is 107 cm³/mol. The Morgan fingerprint density at radius 3 is 2.74 bits per heavy atom. The number of rotatable bonds is 7. The Hall–Kier alpha value is -2.44. The summed E-state index contributed by atoms with van der Waals surface area (Å²) < 4.78 is 5.52. The summed E-state index contributed by atoms with van der Waals surface area (Å²) in [5.41, 5.74) is 1.57. The van der Waals surface area contributed by atoms with Crippen LogP contribution in [0.2, 0.25) is 0 Å². The highest BCUT2D eigenvalue weighted by Crippen LogP contribution is 2.27. The molecule has 140 valence electrons. The number of carbonyl (C=O) groups is 1. The van der Waals surface area contributed by atoms with Crippen molar-refractivity contribution in [3.8, 4) is 11.5 Å². The van der Waals surface area contributed by atoms with Gasteiger partial charge in [0.05, 0.1) is 18.2 Å². The second kappa shape index (κ2) is 8.50. The minimum absolute atomic E-state index is 0.0244. The van der Waals surface area contributed by atoms with Gasteiger partial charge in [-0.25, -0.2) is 4.98 Å². The van der Waals surface area contributed by atoms with Crippen molar-refractivity contribution in [3.05, 3.63) is 64.7 Å². The summed E-state index contributed by atoms with van der Waals surface area (Å²) in [6, 6.07) is 14.2. The Kier molecular flexibility index (Phi) is 5.65. The van der Waals surface area contributed by atoms with Gasteiger partial charge in [-0.3, -0.25) is 9.69 Å². The van der Waals surface area contributed by atoms with E-state index in [2.05, 4.69) is 32.7 Å². The summed E-state index contributed by atoms with van der Waals surface area (Å²) in [5, 5.41) is 5.19. The highest BCUT2D eigenvalue weighted by molar-refractivity contribution is 7.10. The van der Waals surface area contributed by atoms with Crippen molar-refractivity contribution in [2.45, 2.75) is 25.3 Å². The average molecular weight is 382 g/mol. The number of aromatic nitrogens is 1. The second-order valence-corrected chi connectivity index (χ2v) is 7.74. The van der Waals surface area contributed by atoms with Crippen molar-refractivity contribution < 1.29 is 9.21 Å². The Bertz CT molecular complexity index is 855. The Morgan fingerprint density at radius 2 is 2.00 bits per heavy atom. The van der Waals surface area contributed by atoms with E-state index in [9.17, 15) is 4.79 Å². The number of likely N-dealkylation sites (tertiary alicyclic amines) is 1. The lowest BCUT2D eigenvalue weighted by Crippen LogP contribution is -2.37. The first-order valence-corrected chi connectivity index (χ1v) is 10.2. The van der Waals surface area contributed by atoms with Gasteiger partial charge in [0.15, 0.2) is 0 Å². The van der Waals surface area contributed by atoms with E-state index >= 15 is 0 Å². The van der Waals surface area contributed by atoms with Crippen molar-refractivity contribution in [2.75, 3.05) is 19.6 Å². The highest BCUT2D eigenvalue weighted by Gasteiger charge is 2.24. The van der Waals surface area contributed by atoms with Gasteiger partial charge in [-0.2, -0.15) is 0 Å². The fraction of sp³-hybridized carbons (Fsp3) is 0.333. The molecule has 0 aliphatic carbocycles. The summed E-state index contributed by atoms with van der Waals surface area (Å²) in [4.78, 5) is 20.7. The van der Waals surface area contributed by atoms with Gasteiger partial charge in [-0.1, -0.05) is 24.3 Å². The molecule has 0 spiro atoms. The van der Waals surface area contributed by atoms with Crippen LogP contribution in [0.5, 0.6) is 0 Å². The second-order valence-electron chi connectivity index (χ2n) is 6.77. The molecule has 1 saturated heterocycles. The van der Waals surface area contributed by atoms with Gasteiger partial charge in [0.2, 0.25) is 11.8 Å². The van der Waals surface area contributed by atoms with Gasteiger partial charge in [-0.05, 0) is 49.5 Å². The molecule has 0 saturated carbocycles. The van der Waals surface area contributed by atoms with E-state index in [4.69, 9.17) is 4.42 Å². The third-order valence-corrected chi connectivity index (χ3v) is 5.83. The highest BCUT2D eigenvalue weighted by atomic mass is 32.1. The number of carbonyl (C=O) groups excluding carboxylic acids is 1. The Labute approximate surface area is 163 Å². The van der Waals surface area contributed by atoms with Gasteiger partial charge in [0.1, 0.15) is 6.26 Å². The molecule has 6 heteroatoms. The van der Waals surface area contributed by atoms with Crippen molar-refractivity contribution in [1.29, 1.82) is 0 Å². The molecule has 1 amide bonds. The largest absolute Gasteiger partial charge is 0.444 e. The number of amides is 1. The van der Waals surface area contributed by atoms with Gasteiger partial charge in [0.25, 0.3) is 0 Å². The van der Waals surface area contributed by atoms with E-state index < -0.39 is 0 Å². The number of thiophene rings is 1. The number of oxazole rings is 1. The van der Waals surface area contributed by atoms with E-state index in [0.29, 0.717) is 18.1 Å². The smallest absolute Gasteiger partial charge is 0.226 e. The molecule has 1 aliphatic heterocycles. The first kappa shape index (κ1) is 17.9. The molecule has 2 aromatic heterocycles. The van der Waals surface area contributed by atoms with Gasteiger partial charge < -0.3 is 9.73 Å². The molecule has 3 aromatic rings. The molecule has 1 fully saturated rings. The molecule has 1 aromatic carbocycles. The van der Waals surface area contributed by atoms with E-state index in [0.717, 1.165) is 18.7 Å². The normalized spacial score (nSPS) is 15.7. The standard InChI is InChI=1S/C21H23N3O2S/c25-20(13-17-15-26-21(23-17)16-7-2-1-3-8-16)22-14-18(19-9-6-12-27-19)24-10-4-5-11-24/h1-3,6-9,12,15,18H,4-5,10-11,13-14H2,(H,22,25). The van der Waals surface area contributed by atoms with E-state index in [1.54, 1.807) is 17.6 Å². The summed E-state index contributed by atoms with van der Waals surface area (Å²) in [5.74, 6) is 0.524. The first-order valence-electron chi connectivity index (χ1n) is 9.33. The van der Waals surface area contributed by atoms with Crippen LogP contribution in [0.1, 0.15) is 29.5 Å². The van der Waals surface area contributed by atoms with Crippen molar-refractivity contribution in [3.63, 3.8) is 0 Å². The van der Waals surface area contributed by atoms with Crippen molar-refractivity contribution in [1.82, 2.24) is 15.2 Å². The third kappa shape index (κ3) is 4.46. The van der Waals surface area contributed by atoms with Crippen LogP contribution in [0.3, 0.4) is 0 Å². The zero-order valence-electron chi connectivity index (χ0n) is 15.1. The fourth-order valence-corrected chi connectivity index (χ4v) is 4.34. The van der Waals surface area contributed by atoms with E-state index in [1.807, 2.05) is 30.3 Å². The average Bonchev–Trinajstić information content (AvgIpc) is 3.46. The maximum atomic E-state index is 12.4. The van der Waals surface area contributed by atoms with Crippen molar-refractivity contribution in [2.24, 2.45) is 0 Å². The molecule has 4 rings (SSSR count). The molecule has 27 heavy (non-hydrogen) atoms. The quantitative estimate of drug-likeness (QED) is 0.674. The molecule has 1 unspecified atom stereocenters. The molecule has 1 aliphatic rings. The number of hydrogen-bond donors (Lipinski definition) is 1. The third-order valence-electron chi connectivity index (χ3n) is 4.86. The lowest BCUT2D eigenvalue weighted by atomic mass is 10.2. The van der Waals surface area contributed by atoms with Crippen LogP contribution >= 0.6 is 11.3 Å². The van der Waals surface area contributed by atoms with Gasteiger partial charge >= 0.3 is 0 Å². The number of benzene rings is 1. The van der Waals surface area contributed by atoms with Crippen LogP contribution < -0.4 is 5.32 Å². The minimum atomic E-state index is -0.0244. The van der Waals surface area contributed by atoms with Crippen LogP contribution in [0, 0.1) is 0 Å². The predicted octanol–water partition coefficient (Wildman–Crippen LogP) is 3.90. The molecule has 5 nitrogen and oxygen atoms in total. The summed E-state index contributed by atoms with van der Waals surface area (Å²) in [6.45, 7) is 2.83. The maximum Gasteiger partial charge on any atom is 0.226 e. The summed E-state index contributed by atoms with van der Waals surface area (Å²) in [6.07, 6.45) is 4.26. The minimum Gasteiger partial charge on any atom is -0.444 e. The molecule has 0 radical (unpaired) electrons. The molecular weight excluding hydrogens is 358 g/mol. The van der Waals surface area contributed by atoms with Crippen LogP contribution in [0.25, 0.3) is 11.5 Å². The fourth-order valence-electron chi connectivity index (χ4n) is 3.48. The van der Waals surface area contributed by atoms with Crippen LogP contribution in [-0.4, -0.2) is 35.4 Å². The Morgan fingerprint density at radius 1 is 1.19 bits per heavy atom. The first-order chi connectivity index (χ1) is 13.3. The van der Waals surface area contributed by atoms with Crippen LogP contribution in [0.4, 0.5) is 0 Å². The molecule has 1 N–H and O–H groups in total. The van der Waals surface area contributed by atoms with Crippen LogP contribution in [0.15, 0.2) is 58.5 Å². The maximum absolute atomic E-state index is 12.4. The topological polar surface area (TPSA) is 58.4 Å². The van der Waals surface area contributed by atoms with Gasteiger partial charge in [-0.15, -0.1) is 11.3 Å². The molecular formula is C21H23N3O2S. The van der Waals surface area contributed by atoms with Gasteiger partial charge in [0, 0.05) is 17.0 Å². The van der Waals surface area contributed by atoms with Crippen LogP contribution in [-0.2, 0) is 11.2 Å². The number of nitrogens with one attached hydrogen (secondary N) is 1. The van der Waals surface area contributed by atoms with Crippen molar-refractivity contribution >= 4 is 17.2 Å². The monoisotopic (exact) mass is 381 g/mol. The zero-order chi connectivity index (χ0) is 18.5.